The van der Waals surface area contributed by atoms with Crippen LogP contribution in [0, 0.1) is 0 Å². The summed E-state index contributed by atoms with van der Waals surface area (Å²) in [5.41, 5.74) is 5.90. The van der Waals surface area contributed by atoms with Crippen LogP contribution in [0.1, 0.15) is 30.9 Å². The molecule has 0 aliphatic heterocycles. The number of nitrogens with two attached hydrogens (primary N) is 1. The lowest BCUT2D eigenvalue weighted by atomic mass is 10.1. The molecule has 1 unspecified atom stereocenters. The fourth-order valence-electron chi connectivity index (χ4n) is 1.73. The first-order valence-electron chi connectivity index (χ1n) is 6.44. The van der Waals surface area contributed by atoms with Crippen molar-refractivity contribution in [2.75, 3.05) is 20.2 Å². The zero-order valence-electron chi connectivity index (χ0n) is 11.3. The van der Waals surface area contributed by atoms with Crippen LogP contribution < -0.4 is 15.8 Å². The second-order valence-electron chi connectivity index (χ2n) is 4.42. The van der Waals surface area contributed by atoms with Crippen molar-refractivity contribution in [1.29, 1.82) is 0 Å². The number of primary amides is 1. The van der Waals surface area contributed by atoms with Crippen LogP contribution in [-0.4, -0.2) is 31.2 Å². The number of ether oxygens (including phenoxy) is 1. The molecule has 0 radical (unpaired) electrons. The van der Waals surface area contributed by atoms with Gasteiger partial charge in [0.05, 0.1) is 13.2 Å². The Kier molecular flexibility index (Phi) is 6.92. The number of rotatable bonds is 9. The van der Waals surface area contributed by atoms with Gasteiger partial charge in [-0.2, -0.15) is 0 Å². The number of aliphatic hydroxyl groups excluding tert-OH is 1. The summed E-state index contributed by atoms with van der Waals surface area (Å²) in [6.07, 6.45) is 1.53. The lowest BCUT2D eigenvalue weighted by Crippen LogP contribution is -2.22. The molecule has 0 aliphatic rings. The molecule has 19 heavy (non-hydrogen) atoms. The van der Waals surface area contributed by atoms with Gasteiger partial charge in [0.1, 0.15) is 5.75 Å². The van der Waals surface area contributed by atoms with Crippen molar-refractivity contribution in [3.8, 4) is 5.75 Å². The summed E-state index contributed by atoms with van der Waals surface area (Å²) in [4.78, 5) is 10.5. The van der Waals surface area contributed by atoms with E-state index in [2.05, 4.69) is 5.32 Å². The normalized spacial score (nSPS) is 12.1. The smallest absolute Gasteiger partial charge is 0.217 e. The van der Waals surface area contributed by atoms with Gasteiger partial charge in [-0.25, -0.2) is 0 Å². The van der Waals surface area contributed by atoms with Crippen LogP contribution in [0.25, 0.3) is 0 Å². The molecule has 0 saturated carbocycles. The van der Waals surface area contributed by atoms with E-state index in [-0.39, 0.29) is 5.91 Å². The Bertz CT molecular complexity index is 379. The Labute approximate surface area is 113 Å². The van der Waals surface area contributed by atoms with Gasteiger partial charge in [0.2, 0.25) is 5.91 Å². The summed E-state index contributed by atoms with van der Waals surface area (Å²) in [5, 5.41) is 13.1. The average Bonchev–Trinajstić information content (AvgIpc) is 2.42. The number of amides is 1. The number of benzene rings is 1. The van der Waals surface area contributed by atoms with Crippen LogP contribution in [0.5, 0.6) is 5.75 Å². The predicted molar refractivity (Wildman–Crippen MR) is 73.9 cm³/mol. The van der Waals surface area contributed by atoms with E-state index in [4.69, 9.17) is 10.5 Å². The van der Waals surface area contributed by atoms with Crippen molar-refractivity contribution in [2.45, 2.75) is 25.4 Å². The molecule has 106 valence electrons. The third-order valence-electron chi connectivity index (χ3n) is 2.86. The fourth-order valence-corrected chi connectivity index (χ4v) is 1.73. The van der Waals surface area contributed by atoms with E-state index in [1.54, 1.807) is 7.11 Å². The molecule has 1 aromatic rings. The van der Waals surface area contributed by atoms with Crippen LogP contribution in [0.3, 0.4) is 0 Å². The summed E-state index contributed by atoms with van der Waals surface area (Å²) >= 11 is 0. The summed E-state index contributed by atoms with van der Waals surface area (Å²) in [6, 6.07) is 7.34. The topological polar surface area (TPSA) is 84.6 Å². The molecule has 0 bridgehead atoms. The number of carbonyl (C=O) groups is 1. The molecular weight excluding hydrogens is 244 g/mol. The van der Waals surface area contributed by atoms with Gasteiger partial charge in [-0.05, 0) is 37.1 Å². The van der Waals surface area contributed by atoms with Gasteiger partial charge in [0.15, 0.2) is 0 Å². The maximum atomic E-state index is 10.5. The number of carbonyl (C=O) groups excluding carboxylic acids is 1. The van der Waals surface area contributed by atoms with Crippen LogP contribution in [0.15, 0.2) is 24.3 Å². The summed E-state index contributed by atoms with van der Waals surface area (Å²) < 4.78 is 5.06. The summed E-state index contributed by atoms with van der Waals surface area (Å²) in [7, 11) is 1.61. The van der Waals surface area contributed by atoms with Gasteiger partial charge in [0.25, 0.3) is 0 Å². The molecule has 0 fully saturated rings. The molecule has 1 aromatic carbocycles. The third-order valence-corrected chi connectivity index (χ3v) is 2.86. The quantitative estimate of drug-likeness (QED) is 0.582. The molecule has 0 aliphatic carbocycles. The van der Waals surface area contributed by atoms with Gasteiger partial charge in [-0.1, -0.05) is 12.1 Å². The van der Waals surface area contributed by atoms with Crippen LogP contribution >= 0.6 is 0 Å². The Morgan fingerprint density at radius 1 is 1.37 bits per heavy atom. The van der Waals surface area contributed by atoms with E-state index in [1.807, 2.05) is 24.3 Å². The molecule has 0 spiro atoms. The predicted octanol–water partition coefficient (Wildman–Crippen LogP) is 0.974. The van der Waals surface area contributed by atoms with Crippen LogP contribution in [0.2, 0.25) is 0 Å². The number of aliphatic hydroxyl groups is 1. The zero-order chi connectivity index (χ0) is 14.1. The Morgan fingerprint density at radius 2 is 2.05 bits per heavy atom. The molecule has 1 amide bonds. The fraction of sp³-hybridized carbons (Fsp3) is 0.500. The first-order valence-corrected chi connectivity index (χ1v) is 6.44. The second kappa shape index (κ2) is 8.50. The van der Waals surface area contributed by atoms with E-state index in [0.717, 1.165) is 30.7 Å². The van der Waals surface area contributed by atoms with Crippen molar-refractivity contribution in [1.82, 2.24) is 5.32 Å². The molecule has 4 N–H and O–H groups in total. The SMILES string of the molecule is COc1ccc(C(O)CNCCCCC(N)=O)cc1. The maximum Gasteiger partial charge on any atom is 0.217 e. The minimum Gasteiger partial charge on any atom is -0.497 e. The highest BCUT2D eigenvalue weighted by Gasteiger charge is 2.06. The largest absolute Gasteiger partial charge is 0.497 e. The van der Waals surface area contributed by atoms with Gasteiger partial charge >= 0.3 is 0 Å². The van der Waals surface area contributed by atoms with Crippen molar-refractivity contribution in [3.63, 3.8) is 0 Å². The van der Waals surface area contributed by atoms with Gasteiger partial charge in [-0.15, -0.1) is 0 Å². The van der Waals surface area contributed by atoms with E-state index in [9.17, 15) is 9.90 Å². The molecule has 0 aromatic heterocycles. The highest BCUT2D eigenvalue weighted by atomic mass is 16.5. The molecular formula is C14H22N2O3. The standard InChI is InChI=1S/C14H22N2O3/c1-19-12-7-5-11(6-8-12)13(17)10-16-9-3-2-4-14(15)18/h5-8,13,16-17H,2-4,9-10H2,1H3,(H2,15,18). The van der Waals surface area contributed by atoms with E-state index in [1.165, 1.54) is 0 Å². The lowest BCUT2D eigenvalue weighted by Gasteiger charge is -2.12. The molecule has 0 heterocycles. The van der Waals surface area contributed by atoms with Crippen LogP contribution in [0.4, 0.5) is 0 Å². The third kappa shape index (κ3) is 6.22. The summed E-state index contributed by atoms with van der Waals surface area (Å²) in [5.74, 6) is 0.508. The van der Waals surface area contributed by atoms with Gasteiger partial charge in [0, 0.05) is 13.0 Å². The average molecular weight is 266 g/mol. The van der Waals surface area contributed by atoms with Crippen molar-refractivity contribution >= 4 is 5.91 Å². The first kappa shape index (κ1) is 15.5. The number of methoxy groups -OCH3 is 1. The van der Waals surface area contributed by atoms with Gasteiger partial charge in [-0.3, -0.25) is 4.79 Å². The minimum absolute atomic E-state index is 0.265. The Hall–Kier alpha value is -1.59. The minimum atomic E-state index is -0.540. The zero-order valence-corrected chi connectivity index (χ0v) is 11.3. The van der Waals surface area contributed by atoms with Crippen LogP contribution in [-0.2, 0) is 4.79 Å². The molecule has 1 rings (SSSR count). The van der Waals surface area contributed by atoms with Gasteiger partial charge < -0.3 is 20.9 Å². The second-order valence-corrected chi connectivity index (χ2v) is 4.42. The van der Waals surface area contributed by atoms with Crippen molar-refractivity contribution < 1.29 is 14.6 Å². The Morgan fingerprint density at radius 3 is 2.63 bits per heavy atom. The molecule has 5 nitrogen and oxygen atoms in total. The molecule has 0 saturated heterocycles. The highest BCUT2D eigenvalue weighted by molar-refractivity contribution is 5.73. The van der Waals surface area contributed by atoms with E-state index in [0.29, 0.717) is 13.0 Å². The number of unbranched alkanes of at least 4 members (excludes halogenated alkanes) is 1. The highest BCUT2D eigenvalue weighted by Crippen LogP contribution is 2.16. The Balaban J connectivity index is 2.19. The monoisotopic (exact) mass is 266 g/mol. The number of hydrogen-bond donors (Lipinski definition) is 3. The van der Waals surface area contributed by atoms with E-state index >= 15 is 0 Å². The van der Waals surface area contributed by atoms with E-state index < -0.39 is 6.10 Å². The number of hydrogen-bond acceptors (Lipinski definition) is 4. The first-order chi connectivity index (χ1) is 9.13. The lowest BCUT2D eigenvalue weighted by molar-refractivity contribution is -0.118. The number of nitrogens with one attached hydrogen (secondary N) is 1. The summed E-state index contributed by atoms with van der Waals surface area (Å²) in [6.45, 7) is 1.25. The molecule has 5 heteroatoms. The van der Waals surface area contributed by atoms with Crippen molar-refractivity contribution in [2.24, 2.45) is 5.73 Å². The van der Waals surface area contributed by atoms with Crippen molar-refractivity contribution in [3.05, 3.63) is 29.8 Å². The molecule has 1 atom stereocenters. The maximum absolute atomic E-state index is 10.5.